The van der Waals surface area contributed by atoms with Crippen molar-refractivity contribution in [3.05, 3.63) is 70.0 Å². The van der Waals surface area contributed by atoms with Crippen LogP contribution in [0.1, 0.15) is 24.0 Å². The first-order valence-corrected chi connectivity index (χ1v) is 8.74. The SMILES string of the molecule is CC12Cn3c(nc4cc(C#Cc5ccccn5)ccc4c3=O)C[C@@H]1C2(F)F. The maximum atomic E-state index is 14.1. The van der Waals surface area contributed by atoms with E-state index in [1.54, 1.807) is 31.3 Å². The number of hydrogen-bond donors (Lipinski definition) is 0. The third-order valence-corrected chi connectivity index (χ3v) is 5.79. The Morgan fingerprint density at radius 3 is 2.85 bits per heavy atom. The number of rotatable bonds is 0. The molecule has 4 nitrogen and oxygen atoms in total. The number of halogens is 2. The van der Waals surface area contributed by atoms with Gasteiger partial charge in [0.15, 0.2) is 0 Å². The lowest BCUT2D eigenvalue weighted by Crippen LogP contribution is -2.33. The molecule has 0 spiro atoms. The fourth-order valence-electron chi connectivity index (χ4n) is 3.99. The van der Waals surface area contributed by atoms with Crippen LogP contribution in [0.3, 0.4) is 0 Å². The summed E-state index contributed by atoms with van der Waals surface area (Å²) in [5.74, 6) is 2.93. The molecule has 2 atom stereocenters. The Morgan fingerprint density at radius 2 is 2.07 bits per heavy atom. The Kier molecular flexibility index (Phi) is 3.12. The average Bonchev–Trinajstić information content (AvgIpc) is 3.11. The van der Waals surface area contributed by atoms with Gasteiger partial charge in [0.2, 0.25) is 0 Å². The average molecular weight is 363 g/mol. The smallest absolute Gasteiger partial charge is 0.261 e. The van der Waals surface area contributed by atoms with Gasteiger partial charge in [-0.05, 0) is 36.3 Å². The molecule has 0 N–H and O–H groups in total. The van der Waals surface area contributed by atoms with Gasteiger partial charge in [0.05, 0.1) is 16.3 Å². The molecular weight excluding hydrogens is 348 g/mol. The van der Waals surface area contributed by atoms with Crippen LogP contribution in [-0.4, -0.2) is 20.5 Å². The number of aromatic nitrogens is 3. The molecule has 134 valence electrons. The van der Waals surface area contributed by atoms with E-state index in [1.165, 1.54) is 4.57 Å². The van der Waals surface area contributed by atoms with Crippen LogP contribution in [0.25, 0.3) is 10.9 Å². The molecule has 1 aromatic carbocycles. The van der Waals surface area contributed by atoms with Crippen LogP contribution in [0.15, 0.2) is 47.4 Å². The molecule has 0 saturated heterocycles. The first kappa shape index (κ1) is 16.1. The van der Waals surface area contributed by atoms with E-state index in [2.05, 4.69) is 21.8 Å². The molecule has 5 rings (SSSR count). The highest BCUT2D eigenvalue weighted by Crippen LogP contribution is 2.68. The predicted octanol–water partition coefficient (Wildman–Crippen LogP) is 3.02. The van der Waals surface area contributed by atoms with Crippen molar-refractivity contribution in [1.29, 1.82) is 0 Å². The summed E-state index contributed by atoms with van der Waals surface area (Å²) in [6.07, 6.45) is 1.79. The summed E-state index contributed by atoms with van der Waals surface area (Å²) in [5.41, 5.74) is 0.440. The Bertz CT molecular complexity index is 1210. The molecule has 2 aromatic heterocycles. The quantitative estimate of drug-likeness (QED) is 0.577. The zero-order chi connectivity index (χ0) is 18.8. The minimum absolute atomic E-state index is 0.0169. The third kappa shape index (κ3) is 2.24. The normalized spacial score (nSPS) is 24.5. The maximum Gasteiger partial charge on any atom is 0.261 e. The first-order chi connectivity index (χ1) is 12.9. The van der Waals surface area contributed by atoms with Crippen molar-refractivity contribution >= 4 is 10.9 Å². The van der Waals surface area contributed by atoms with E-state index >= 15 is 0 Å². The van der Waals surface area contributed by atoms with Gasteiger partial charge in [-0.3, -0.25) is 9.36 Å². The lowest BCUT2D eigenvalue weighted by Gasteiger charge is -2.21. The summed E-state index contributed by atoms with van der Waals surface area (Å²) in [5, 5.41) is 0.424. The van der Waals surface area contributed by atoms with Gasteiger partial charge in [0.1, 0.15) is 11.5 Å². The van der Waals surface area contributed by atoms with Gasteiger partial charge in [-0.1, -0.05) is 18.9 Å². The van der Waals surface area contributed by atoms with Gasteiger partial charge in [-0.2, -0.15) is 0 Å². The summed E-state index contributed by atoms with van der Waals surface area (Å²) >= 11 is 0. The van der Waals surface area contributed by atoms with E-state index in [0.29, 0.717) is 28.0 Å². The van der Waals surface area contributed by atoms with Crippen LogP contribution in [0.5, 0.6) is 0 Å². The summed E-state index contributed by atoms with van der Waals surface area (Å²) in [6, 6.07) is 10.6. The number of pyridine rings is 1. The molecule has 0 amide bonds. The van der Waals surface area contributed by atoms with Crippen LogP contribution in [0.4, 0.5) is 8.78 Å². The van der Waals surface area contributed by atoms with Crippen molar-refractivity contribution in [2.24, 2.45) is 11.3 Å². The Labute approximate surface area is 153 Å². The van der Waals surface area contributed by atoms with E-state index in [-0.39, 0.29) is 18.5 Å². The van der Waals surface area contributed by atoms with Crippen molar-refractivity contribution < 1.29 is 8.78 Å². The highest BCUT2D eigenvalue weighted by molar-refractivity contribution is 5.79. The second-order valence-electron chi connectivity index (χ2n) is 7.41. The van der Waals surface area contributed by atoms with Crippen molar-refractivity contribution in [2.75, 3.05) is 0 Å². The molecule has 27 heavy (non-hydrogen) atoms. The van der Waals surface area contributed by atoms with E-state index in [4.69, 9.17) is 0 Å². The number of nitrogens with zero attached hydrogens (tertiary/aromatic N) is 3. The van der Waals surface area contributed by atoms with Crippen molar-refractivity contribution in [3.63, 3.8) is 0 Å². The van der Waals surface area contributed by atoms with Crippen molar-refractivity contribution in [1.82, 2.24) is 14.5 Å². The molecule has 6 heteroatoms. The monoisotopic (exact) mass is 363 g/mol. The van der Waals surface area contributed by atoms with Gasteiger partial charge in [0, 0.05) is 30.6 Å². The number of alkyl halides is 2. The number of benzene rings is 1. The number of hydrogen-bond acceptors (Lipinski definition) is 3. The van der Waals surface area contributed by atoms with Crippen molar-refractivity contribution in [3.8, 4) is 11.8 Å². The third-order valence-electron chi connectivity index (χ3n) is 5.79. The van der Waals surface area contributed by atoms with Gasteiger partial charge in [0.25, 0.3) is 11.5 Å². The summed E-state index contributed by atoms with van der Waals surface area (Å²) in [6.45, 7) is 1.57. The highest BCUT2D eigenvalue weighted by Gasteiger charge is 2.78. The molecule has 2 aliphatic rings. The first-order valence-electron chi connectivity index (χ1n) is 8.74. The molecular formula is C21H15F2N3O. The van der Waals surface area contributed by atoms with Gasteiger partial charge in [-0.25, -0.2) is 18.7 Å². The zero-order valence-electron chi connectivity index (χ0n) is 14.5. The largest absolute Gasteiger partial charge is 0.295 e. The minimum atomic E-state index is -2.74. The Hall–Kier alpha value is -3.07. The van der Waals surface area contributed by atoms with Crippen LogP contribution in [0.2, 0.25) is 0 Å². The van der Waals surface area contributed by atoms with Gasteiger partial charge >= 0.3 is 0 Å². The standard InChI is InChI=1S/C21H15F2N3O/c1-20-12-26-18(11-17(20)21(20,22)23)25-16-10-13(6-8-15(16)19(26)27)5-7-14-4-2-3-9-24-14/h2-4,6,8-10,17H,11-12H2,1H3/t17-,20?/m0/s1. The molecule has 1 fully saturated rings. The predicted molar refractivity (Wildman–Crippen MR) is 96.5 cm³/mol. The highest BCUT2D eigenvalue weighted by atomic mass is 19.3. The van der Waals surface area contributed by atoms with Crippen molar-refractivity contribution in [2.45, 2.75) is 25.8 Å². The van der Waals surface area contributed by atoms with Crippen LogP contribution < -0.4 is 5.56 Å². The number of fused-ring (bicyclic) bond motifs is 3. The molecule has 3 heterocycles. The summed E-state index contributed by atoms with van der Waals surface area (Å²) < 4.78 is 29.6. The lowest BCUT2D eigenvalue weighted by atomic mass is 10.00. The van der Waals surface area contributed by atoms with E-state index in [9.17, 15) is 13.6 Å². The zero-order valence-corrected chi connectivity index (χ0v) is 14.5. The molecule has 1 aliphatic heterocycles. The van der Waals surface area contributed by atoms with E-state index in [1.807, 2.05) is 18.2 Å². The molecule has 0 radical (unpaired) electrons. The van der Waals surface area contributed by atoms with Gasteiger partial charge in [-0.15, -0.1) is 0 Å². The Morgan fingerprint density at radius 1 is 1.22 bits per heavy atom. The molecule has 1 unspecified atom stereocenters. The topological polar surface area (TPSA) is 47.8 Å². The molecule has 1 aliphatic carbocycles. The lowest BCUT2D eigenvalue weighted by molar-refractivity contribution is 0.0592. The van der Waals surface area contributed by atoms with Crippen LogP contribution >= 0.6 is 0 Å². The fraction of sp³-hybridized carbons (Fsp3) is 0.286. The van der Waals surface area contributed by atoms with Crippen LogP contribution in [0, 0.1) is 23.2 Å². The fourth-order valence-corrected chi connectivity index (χ4v) is 3.99. The summed E-state index contributed by atoms with van der Waals surface area (Å²) in [7, 11) is 0. The molecule has 3 aromatic rings. The Balaban J connectivity index is 1.58. The maximum absolute atomic E-state index is 14.1. The van der Waals surface area contributed by atoms with Gasteiger partial charge < -0.3 is 0 Å². The van der Waals surface area contributed by atoms with Crippen LogP contribution in [-0.2, 0) is 13.0 Å². The second-order valence-corrected chi connectivity index (χ2v) is 7.41. The van der Waals surface area contributed by atoms with E-state index in [0.717, 1.165) is 0 Å². The molecule has 0 bridgehead atoms. The van der Waals surface area contributed by atoms with E-state index < -0.39 is 17.3 Å². The second kappa shape index (κ2) is 5.23. The summed E-state index contributed by atoms with van der Waals surface area (Å²) in [4.78, 5) is 21.5. The minimum Gasteiger partial charge on any atom is -0.295 e. The molecule has 1 saturated carbocycles.